The van der Waals surface area contributed by atoms with E-state index in [9.17, 15) is 8.78 Å². The Balaban J connectivity index is 4.04. The molecule has 0 saturated heterocycles. The van der Waals surface area contributed by atoms with Crippen molar-refractivity contribution < 1.29 is 8.78 Å². The van der Waals surface area contributed by atoms with E-state index in [1.165, 1.54) is 0 Å². The summed E-state index contributed by atoms with van der Waals surface area (Å²) >= 11 is 0. The Morgan fingerprint density at radius 2 is 2.00 bits per heavy atom. The first-order valence-electron chi connectivity index (χ1n) is 4.83. The maximum atomic E-state index is 12.0. The van der Waals surface area contributed by atoms with Gasteiger partial charge in [0.2, 0.25) is 0 Å². The van der Waals surface area contributed by atoms with Crippen LogP contribution in [0, 0.1) is 0 Å². The minimum atomic E-state index is -2.30. The fourth-order valence-corrected chi connectivity index (χ4v) is 1.48. The molecule has 0 aliphatic rings. The smallest absolute Gasteiger partial charge is 0.250 e. The van der Waals surface area contributed by atoms with Gasteiger partial charge in [-0.25, -0.2) is 8.78 Å². The van der Waals surface area contributed by atoms with Crippen molar-refractivity contribution in [3.8, 4) is 0 Å². The predicted octanol–water partition coefficient (Wildman–Crippen LogP) is 1.75. The van der Waals surface area contributed by atoms with Gasteiger partial charge in [0, 0.05) is 12.1 Å². The highest BCUT2D eigenvalue weighted by molar-refractivity contribution is 4.87. The van der Waals surface area contributed by atoms with E-state index in [-0.39, 0.29) is 12.1 Å². The molecule has 4 heteroatoms. The highest BCUT2D eigenvalue weighted by atomic mass is 19.3. The maximum absolute atomic E-state index is 12.0. The third-order valence-electron chi connectivity index (χ3n) is 2.43. The number of nitrogens with one attached hydrogen (secondary N) is 1. The fourth-order valence-electron chi connectivity index (χ4n) is 1.48. The van der Waals surface area contributed by atoms with Crippen molar-refractivity contribution in [3.63, 3.8) is 0 Å². The van der Waals surface area contributed by atoms with Gasteiger partial charge in [0.15, 0.2) is 0 Å². The Morgan fingerprint density at radius 1 is 1.38 bits per heavy atom. The number of nitrogens with two attached hydrogens (primary N) is 1. The van der Waals surface area contributed by atoms with Crippen molar-refractivity contribution in [2.75, 3.05) is 13.1 Å². The molecular formula is C9H20F2N2. The number of hydrogen-bond acceptors (Lipinski definition) is 2. The van der Waals surface area contributed by atoms with E-state index >= 15 is 0 Å². The molecule has 0 radical (unpaired) electrons. The SMILES string of the molecule is CCCC(CC)(CN)NCC(F)F. The van der Waals surface area contributed by atoms with Crippen molar-refractivity contribution in [3.05, 3.63) is 0 Å². The molecule has 0 fully saturated rings. The summed E-state index contributed by atoms with van der Waals surface area (Å²) in [5.41, 5.74) is 5.30. The summed E-state index contributed by atoms with van der Waals surface area (Å²) in [4.78, 5) is 0. The van der Waals surface area contributed by atoms with Crippen molar-refractivity contribution in [1.82, 2.24) is 5.32 Å². The summed E-state index contributed by atoms with van der Waals surface area (Å²) in [6.07, 6.45) is 0.312. The molecule has 0 amide bonds. The van der Waals surface area contributed by atoms with Crippen molar-refractivity contribution in [2.45, 2.75) is 45.1 Å². The maximum Gasteiger partial charge on any atom is 0.250 e. The van der Waals surface area contributed by atoms with E-state index in [4.69, 9.17) is 5.73 Å². The predicted molar refractivity (Wildman–Crippen MR) is 51.0 cm³/mol. The quantitative estimate of drug-likeness (QED) is 0.648. The van der Waals surface area contributed by atoms with Gasteiger partial charge in [0.05, 0.1) is 6.54 Å². The molecule has 0 aliphatic carbocycles. The molecule has 0 rings (SSSR count). The Labute approximate surface area is 78.9 Å². The van der Waals surface area contributed by atoms with E-state index in [1.54, 1.807) is 0 Å². The van der Waals surface area contributed by atoms with Gasteiger partial charge in [-0.3, -0.25) is 0 Å². The Hall–Kier alpha value is -0.220. The summed E-state index contributed by atoms with van der Waals surface area (Å²) in [5.74, 6) is 0. The Kier molecular flexibility index (Phi) is 6.16. The number of halogens is 2. The topological polar surface area (TPSA) is 38.0 Å². The summed E-state index contributed by atoms with van der Waals surface area (Å²) < 4.78 is 23.9. The lowest BCUT2D eigenvalue weighted by molar-refractivity contribution is 0.126. The summed E-state index contributed by atoms with van der Waals surface area (Å²) in [5, 5.41) is 2.86. The molecule has 2 nitrogen and oxygen atoms in total. The van der Waals surface area contributed by atoms with Crippen LogP contribution in [0.2, 0.25) is 0 Å². The summed E-state index contributed by atoms with van der Waals surface area (Å²) in [7, 11) is 0. The van der Waals surface area contributed by atoms with E-state index in [1.807, 2.05) is 13.8 Å². The zero-order valence-electron chi connectivity index (χ0n) is 8.45. The molecule has 0 saturated carbocycles. The number of rotatable bonds is 7. The third-order valence-corrected chi connectivity index (χ3v) is 2.43. The van der Waals surface area contributed by atoms with Gasteiger partial charge in [-0.15, -0.1) is 0 Å². The minimum Gasteiger partial charge on any atom is -0.329 e. The second-order valence-corrected chi connectivity index (χ2v) is 3.36. The first-order valence-corrected chi connectivity index (χ1v) is 4.83. The molecular weight excluding hydrogens is 174 g/mol. The van der Waals surface area contributed by atoms with Crippen LogP contribution in [0.3, 0.4) is 0 Å². The van der Waals surface area contributed by atoms with Crippen molar-refractivity contribution >= 4 is 0 Å². The minimum absolute atomic E-state index is 0.259. The average molecular weight is 194 g/mol. The lowest BCUT2D eigenvalue weighted by Gasteiger charge is -2.32. The second-order valence-electron chi connectivity index (χ2n) is 3.36. The van der Waals surface area contributed by atoms with Gasteiger partial charge in [-0.2, -0.15) is 0 Å². The van der Waals surface area contributed by atoms with Crippen LogP contribution in [-0.4, -0.2) is 25.1 Å². The average Bonchev–Trinajstić information content (AvgIpc) is 2.12. The first-order chi connectivity index (χ1) is 6.10. The fraction of sp³-hybridized carbons (Fsp3) is 1.00. The van der Waals surface area contributed by atoms with Crippen molar-refractivity contribution in [1.29, 1.82) is 0 Å². The lowest BCUT2D eigenvalue weighted by atomic mass is 9.91. The Bertz CT molecular complexity index is 125. The molecule has 0 heterocycles. The van der Waals surface area contributed by atoms with E-state index < -0.39 is 6.43 Å². The van der Waals surface area contributed by atoms with E-state index in [2.05, 4.69) is 5.32 Å². The van der Waals surface area contributed by atoms with Gasteiger partial charge in [-0.05, 0) is 12.8 Å². The monoisotopic (exact) mass is 194 g/mol. The zero-order chi connectivity index (χ0) is 10.3. The number of hydrogen-bond donors (Lipinski definition) is 2. The summed E-state index contributed by atoms with van der Waals surface area (Å²) in [6.45, 7) is 4.17. The molecule has 0 aromatic rings. The van der Waals surface area contributed by atoms with Crippen LogP contribution in [0.5, 0.6) is 0 Å². The lowest BCUT2D eigenvalue weighted by Crippen LogP contribution is -2.52. The molecule has 0 aromatic heterocycles. The molecule has 0 aliphatic heterocycles. The van der Waals surface area contributed by atoms with E-state index in [0.717, 1.165) is 19.3 Å². The van der Waals surface area contributed by atoms with Crippen LogP contribution in [0.1, 0.15) is 33.1 Å². The highest BCUT2D eigenvalue weighted by Crippen LogP contribution is 2.16. The Morgan fingerprint density at radius 3 is 2.31 bits per heavy atom. The molecule has 0 bridgehead atoms. The van der Waals surface area contributed by atoms with Crippen LogP contribution in [0.4, 0.5) is 8.78 Å². The van der Waals surface area contributed by atoms with Gasteiger partial charge in [0.25, 0.3) is 6.43 Å². The van der Waals surface area contributed by atoms with Crippen molar-refractivity contribution in [2.24, 2.45) is 5.73 Å². The first kappa shape index (κ1) is 12.8. The molecule has 0 aromatic carbocycles. The van der Waals surface area contributed by atoms with Gasteiger partial charge >= 0.3 is 0 Å². The molecule has 1 atom stereocenters. The van der Waals surface area contributed by atoms with Crippen LogP contribution in [-0.2, 0) is 0 Å². The van der Waals surface area contributed by atoms with Gasteiger partial charge in [0.1, 0.15) is 0 Å². The summed E-state index contributed by atoms with van der Waals surface area (Å²) in [6, 6.07) is 0. The third kappa shape index (κ3) is 4.52. The molecule has 0 spiro atoms. The normalized spacial score (nSPS) is 16.2. The molecule has 13 heavy (non-hydrogen) atoms. The van der Waals surface area contributed by atoms with Gasteiger partial charge < -0.3 is 11.1 Å². The largest absolute Gasteiger partial charge is 0.329 e. The van der Waals surface area contributed by atoms with Crippen LogP contribution in [0.15, 0.2) is 0 Å². The zero-order valence-corrected chi connectivity index (χ0v) is 8.45. The van der Waals surface area contributed by atoms with E-state index in [0.29, 0.717) is 6.54 Å². The number of alkyl halides is 2. The van der Waals surface area contributed by atoms with Crippen LogP contribution >= 0.6 is 0 Å². The second kappa shape index (κ2) is 6.27. The highest BCUT2D eigenvalue weighted by Gasteiger charge is 2.25. The van der Waals surface area contributed by atoms with Crippen LogP contribution < -0.4 is 11.1 Å². The molecule has 1 unspecified atom stereocenters. The van der Waals surface area contributed by atoms with Crippen LogP contribution in [0.25, 0.3) is 0 Å². The standard InChI is InChI=1S/C9H20F2N2/c1-3-5-9(4-2,7-12)13-6-8(10)11/h8,13H,3-7,12H2,1-2H3. The van der Waals surface area contributed by atoms with Gasteiger partial charge in [-0.1, -0.05) is 20.3 Å². The molecule has 3 N–H and O–H groups in total. The molecule has 80 valence electrons.